The van der Waals surface area contributed by atoms with Crippen LogP contribution < -0.4 is 4.74 Å². The lowest BCUT2D eigenvalue weighted by Crippen LogP contribution is -2.13. The van der Waals surface area contributed by atoms with E-state index in [2.05, 4.69) is 4.74 Å². The van der Waals surface area contributed by atoms with Gasteiger partial charge in [-0.05, 0) is 23.6 Å². The summed E-state index contributed by atoms with van der Waals surface area (Å²) in [5.74, 6) is -1.94. The zero-order chi connectivity index (χ0) is 16.2. The number of methoxy groups -OCH3 is 2. The van der Waals surface area contributed by atoms with Gasteiger partial charge in [0.25, 0.3) is 5.78 Å². The molecule has 21 heavy (non-hydrogen) atoms. The monoisotopic (exact) mass is 312 g/mol. The van der Waals surface area contributed by atoms with Gasteiger partial charge >= 0.3 is 5.97 Å². The van der Waals surface area contributed by atoms with Gasteiger partial charge in [0.15, 0.2) is 0 Å². The summed E-state index contributed by atoms with van der Waals surface area (Å²) >= 11 is 6.02. The number of aliphatic hydroxyl groups is 1. The van der Waals surface area contributed by atoms with Crippen molar-refractivity contribution in [1.82, 2.24) is 0 Å². The van der Waals surface area contributed by atoms with Crippen LogP contribution in [-0.2, 0) is 14.3 Å². The number of aliphatic hydroxyl groups excluding tert-OH is 1. The second kappa shape index (κ2) is 7.13. The van der Waals surface area contributed by atoms with Crippen molar-refractivity contribution in [1.29, 1.82) is 0 Å². The Bertz CT molecular complexity index is 590. The summed E-state index contributed by atoms with van der Waals surface area (Å²) in [6.07, 6.45) is 0.782. The van der Waals surface area contributed by atoms with Crippen LogP contribution in [-0.4, -0.2) is 31.1 Å². The van der Waals surface area contributed by atoms with Crippen molar-refractivity contribution in [2.24, 2.45) is 0 Å². The van der Waals surface area contributed by atoms with Gasteiger partial charge in [0.2, 0.25) is 0 Å². The number of halogens is 1. The van der Waals surface area contributed by atoms with E-state index < -0.39 is 17.5 Å². The van der Waals surface area contributed by atoms with Crippen molar-refractivity contribution in [2.45, 2.75) is 19.8 Å². The van der Waals surface area contributed by atoms with Crippen molar-refractivity contribution in [3.05, 3.63) is 34.4 Å². The Labute approximate surface area is 128 Å². The number of ketones is 1. The average molecular weight is 313 g/mol. The second-order valence-electron chi connectivity index (χ2n) is 4.62. The highest BCUT2D eigenvalue weighted by Crippen LogP contribution is 2.36. The number of rotatable bonds is 5. The number of hydrogen-bond acceptors (Lipinski definition) is 5. The predicted molar refractivity (Wildman–Crippen MR) is 79.7 cm³/mol. The molecule has 0 saturated carbocycles. The number of carbonyl (C=O) groups excluding carboxylic acids is 2. The van der Waals surface area contributed by atoms with Gasteiger partial charge in [0.1, 0.15) is 11.5 Å². The maximum atomic E-state index is 11.5. The number of esters is 1. The molecule has 0 fully saturated rings. The summed E-state index contributed by atoms with van der Waals surface area (Å²) in [6, 6.07) is 3.19. The summed E-state index contributed by atoms with van der Waals surface area (Å²) in [7, 11) is 2.54. The van der Waals surface area contributed by atoms with Crippen LogP contribution >= 0.6 is 11.6 Å². The van der Waals surface area contributed by atoms with Gasteiger partial charge in [-0.2, -0.15) is 0 Å². The van der Waals surface area contributed by atoms with Gasteiger partial charge in [-0.1, -0.05) is 25.4 Å². The third-order valence-electron chi connectivity index (χ3n) is 2.84. The van der Waals surface area contributed by atoms with E-state index >= 15 is 0 Å². The van der Waals surface area contributed by atoms with E-state index in [0.29, 0.717) is 10.8 Å². The van der Waals surface area contributed by atoms with E-state index in [9.17, 15) is 14.7 Å². The Morgan fingerprint density at radius 2 is 1.90 bits per heavy atom. The molecule has 0 aliphatic heterocycles. The Morgan fingerprint density at radius 3 is 2.38 bits per heavy atom. The van der Waals surface area contributed by atoms with Crippen LogP contribution in [0.3, 0.4) is 0 Å². The minimum absolute atomic E-state index is 0.0986. The van der Waals surface area contributed by atoms with Crippen LogP contribution in [0.2, 0.25) is 5.02 Å². The van der Waals surface area contributed by atoms with Crippen LogP contribution in [0.1, 0.15) is 30.9 Å². The molecule has 114 valence electrons. The number of carbonyl (C=O) groups is 2. The Kier molecular flexibility index (Phi) is 5.79. The quantitative estimate of drug-likeness (QED) is 0.391. The smallest absolute Gasteiger partial charge is 0.378 e. The Morgan fingerprint density at radius 1 is 1.29 bits per heavy atom. The molecule has 6 heteroatoms. The third-order valence-corrected chi connectivity index (χ3v) is 3.06. The van der Waals surface area contributed by atoms with Crippen LogP contribution in [0, 0.1) is 0 Å². The first kappa shape index (κ1) is 17.0. The minimum Gasteiger partial charge on any atom is -0.507 e. The molecular weight excluding hydrogens is 296 g/mol. The summed E-state index contributed by atoms with van der Waals surface area (Å²) in [4.78, 5) is 22.6. The van der Waals surface area contributed by atoms with Crippen molar-refractivity contribution in [2.75, 3.05) is 14.2 Å². The largest absolute Gasteiger partial charge is 0.507 e. The Hall–Kier alpha value is -2.01. The van der Waals surface area contributed by atoms with Crippen molar-refractivity contribution >= 4 is 29.1 Å². The summed E-state index contributed by atoms with van der Waals surface area (Å²) in [5.41, 5.74) is 1.02. The molecule has 0 saturated heterocycles. The van der Waals surface area contributed by atoms with Crippen LogP contribution in [0.5, 0.6) is 5.75 Å². The van der Waals surface area contributed by atoms with Gasteiger partial charge in [0.05, 0.1) is 19.8 Å². The lowest BCUT2D eigenvalue weighted by atomic mass is 9.98. The fraction of sp³-hybridized carbons (Fsp3) is 0.333. The zero-order valence-electron chi connectivity index (χ0n) is 12.3. The second-order valence-corrected chi connectivity index (χ2v) is 5.05. The maximum absolute atomic E-state index is 11.5. The van der Waals surface area contributed by atoms with E-state index in [4.69, 9.17) is 16.3 Å². The molecule has 1 aromatic carbocycles. The summed E-state index contributed by atoms with van der Waals surface area (Å²) in [5, 5.41) is 10.5. The lowest BCUT2D eigenvalue weighted by molar-refractivity contribution is -0.149. The van der Waals surface area contributed by atoms with E-state index in [1.54, 1.807) is 6.07 Å². The number of hydrogen-bond donors (Lipinski definition) is 1. The number of benzene rings is 1. The fourth-order valence-electron chi connectivity index (χ4n) is 1.82. The molecule has 0 amide bonds. The van der Waals surface area contributed by atoms with Crippen molar-refractivity contribution in [3.8, 4) is 5.75 Å². The topological polar surface area (TPSA) is 72.8 Å². The van der Waals surface area contributed by atoms with E-state index in [1.807, 2.05) is 13.8 Å². The first-order valence-electron chi connectivity index (χ1n) is 6.22. The first-order valence-corrected chi connectivity index (χ1v) is 6.60. The third kappa shape index (κ3) is 3.98. The molecule has 1 aromatic rings. The van der Waals surface area contributed by atoms with Crippen LogP contribution in [0.25, 0.3) is 5.76 Å². The van der Waals surface area contributed by atoms with Gasteiger partial charge in [-0.25, -0.2) is 4.79 Å². The molecule has 0 bridgehead atoms. The summed E-state index contributed by atoms with van der Waals surface area (Å²) in [6.45, 7) is 3.89. The molecule has 0 heterocycles. The molecule has 1 N–H and O–H groups in total. The molecule has 0 radical (unpaired) electrons. The molecular formula is C15H17ClO5. The van der Waals surface area contributed by atoms with E-state index in [0.717, 1.165) is 18.7 Å². The standard InChI is InChI=1S/C15H17ClO5/c1-8(2)10-5-9(16)6-11(14(10)20-3)12(17)7-13(18)15(19)21-4/h5-8,17H,1-4H3/b12-7-. The predicted octanol–water partition coefficient (Wildman–Crippen LogP) is 3.11. The van der Waals surface area contributed by atoms with Gasteiger partial charge in [-0.15, -0.1) is 0 Å². The van der Waals surface area contributed by atoms with Gasteiger partial charge in [0, 0.05) is 11.1 Å². The fourth-order valence-corrected chi connectivity index (χ4v) is 2.05. The first-order chi connectivity index (χ1) is 9.81. The Balaban J connectivity index is 3.38. The highest BCUT2D eigenvalue weighted by atomic mass is 35.5. The highest BCUT2D eigenvalue weighted by molar-refractivity contribution is 6.39. The maximum Gasteiger partial charge on any atom is 0.378 e. The molecule has 5 nitrogen and oxygen atoms in total. The minimum atomic E-state index is -1.06. The zero-order valence-corrected chi connectivity index (χ0v) is 13.0. The van der Waals surface area contributed by atoms with Gasteiger partial charge in [-0.3, -0.25) is 4.79 Å². The van der Waals surface area contributed by atoms with Crippen molar-refractivity contribution in [3.63, 3.8) is 0 Å². The van der Waals surface area contributed by atoms with Gasteiger partial charge < -0.3 is 14.6 Å². The molecule has 0 spiro atoms. The highest BCUT2D eigenvalue weighted by Gasteiger charge is 2.19. The van der Waals surface area contributed by atoms with Crippen LogP contribution in [0.4, 0.5) is 0 Å². The van der Waals surface area contributed by atoms with Crippen molar-refractivity contribution < 1.29 is 24.2 Å². The SMILES string of the molecule is COC(=O)C(=O)/C=C(\O)c1cc(Cl)cc(C(C)C)c1OC. The molecule has 1 rings (SSSR count). The lowest BCUT2D eigenvalue weighted by Gasteiger charge is -2.16. The van der Waals surface area contributed by atoms with E-state index in [1.165, 1.54) is 13.2 Å². The average Bonchev–Trinajstić information content (AvgIpc) is 2.44. The molecule has 0 aliphatic rings. The normalized spacial score (nSPS) is 11.4. The van der Waals surface area contributed by atoms with E-state index in [-0.39, 0.29) is 11.5 Å². The molecule has 0 aromatic heterocycles. The molecule has 0 aliphatic carbocycles. The summed E-state index contributed by atoms with van der Waals surface area (Å²) < 4.78 is 9.58. The molecule has 0 atom stereocenters. The molecule has 0 unspecified atom stereocenters. The number of ether oxygens (including phenoxy) is 2. The van der Waals surface area contributed by atoms with Crippen LogP contribution in [0.15, 0.2) is 18.2 Å².